The van der Waals surface area contributed by atoms with E-state index in [1.165, 1.54) is 129 Å². The highest BCUT2D eigenvalue weighted by atomic mass is 32.2. The number of unbranched alkanes of at least 4 members (excludes halogenated alkanes) is 4. The second-order valence-electron chi connectivity index (χ2n) is 9.95. The number of hydrogen-bond acceptors (Lipinski definition) is 3. The van der Waals surface area contributed by atoms with E-state index in [1.807, 2.05) is 0 Å². The van der Waals surface area contributed by atoms with Gasteiger partial charge in [0.05, 0.1) is 0 Å². The molecular formula is C26H52N2OS. The molecule has 2 rings (SSSR count). The minimum absolute atomic E-state index is 0.423. The molecular weight excluding hydrogens is 388 g/mol. The summed E-state index contributed by atoms with van der Waals surface area (Å²) in [5.41, 5.74) is 0. The molecule has 0 radical (unpaired) electrons. The van der Waals surface area contributed by atoms with Gasteiger partial charge in [-0.3, -0.25) is 0 Å². The van der Waals surface area contributed by atoms with Crippen LogP contribution in [0, 0.1) is 0 Å². The summed E-state index contributed by atoms with van der Waals surface area (Å²) < 4.78 is 13.9. The van der Waals surface area contributed by atoms with Gasteiger partial charge in [-0.15, -0.1) is 0 Å². The minimum atomic E-state index is -0.665. The number of piperidine rings is 2. The second-order valence-corrected chi connectivity index (χ2v) is 11.9. The monoisotopic (exact) mass is 440 g/mol. The van der Waals surface area contributed by atoms with Crippen LogP contribution in [0.4, 0.5) is 0 Å². The molecule has 0 bridgehead atoms. The van der Waals surface area contributed by atoms with Crippen LogP contribution in [0.2, 0.25) is 0 Å². The zero-order valence-corrected chi connectivity index (χ0v) is 21.2. The van der Waals surface area contributed by atoms with E-state index in [-0.39, 0.29) is 0 Å². The van der Waals surface area contributed by atoms with Crippen molar-refractivity contribution in [3.8, 4) is 0 Å². The Morgan fingerprint density at radius 2 is 1.00 bits per heavy atom. The number of likely N-dealkylation sites (tertiary alicyclic amines) is 2. The first-order chi connectivity index (χ1) is 14.7. The normalized spacial score (nSPS) is 22.1. The zero-order valence-electron chi connectivity index (χ0n) is 20.4. The van der Waals surface area contributed by atoms with Crippen LogP contribution in [0.15, 0.2) is 0 Å². The van der Waals surface area contributed by atoms with E-state index < -0.39 is 11.2 Å². The third-order valence-corrected chi connectivity index (χ3v) is 9.61. The molecule has 30 heavy (non-hydrogen) atoms. The summed E-state index contributed by atoms with van der Waals surface area (Å²) in [6, 6.07) is 0. The van der Waals surface area contributed by atoms with Gasteiger partial charge in [-0.2, -0.15) is 0 Å². The summed E-state index contributed by atoms with van der Waals surface area (Å²) in [4.78, 5) is 5.29. The molecule has 0 aliphatic carbocycles. The van der Waals surface area contributed by atoms with E-state index in [9.17, 15) is 4.55 Å². The van der Waals surface area contributed by atoms with Gasteiger partial charge in [0.25, 0.3) is 0 Å². The Kier molecular flexibility index (Phi) is 14.8. The van der Waals surface area contributed by atoms with Crippen molar-refractivity contribution in [1.29, 1.82) is 0 Å². The van der Waals surface area contributed by atoms with Crippen molar-refractivity contribution in [2.24, 2.45) is 0 Å². The van der Waals surface area contributed by atoms with Crippen molar-refractivity contribution in [2.75, 3.05) is 39.3 Å². The van der Waals surface area contributed by atoms with E-state index in [1.54, 1.807) is 0 Å². The zero-order chi connectivity index (χ0) is 21.4. The Bertz CT molecular complexity index is 360. The molecule has 2 unspecified atom stereocenters. The number of nitrogens with zero attached hydrogens (tertiary/aromatic N) is 2. The maximum atomic E-state index is 13.9. The smallest absolute Gasteiger partial charge is 0.117 e. The topological polar surface area (TPSA) is 29.5 Å². The van der Waals surface area contributed by atoms with Crippen molar-refractivity contribution in [3.63, 3.8) is 0 Å². The standard InChI is InChI=1S/C26H52N2OS/c1-3-5-9-15-25(17-23-27-19-11-7-12-20-27)30(29)26(16-10-6-4-2)18-24-28-21-13-8-14-22-28/h25-26H,3-24H2,1-2H3. The lowest BCUT2D eigenvalue weighted by atomic mass is 10.1. The molecule has 4 heteroatoms. The highest BCUT2D eigenvalue weighted by Gasteiger charge is 2.31. The van der Waals surface area contributed by atoms with Crippen LogP contribution in [0.5, 0.6) is 0 Å². The average molecular weight is 441 g/mol. The van der Waals surface area contributed by atoms with Crippen LogP contribution in [0.25, 0.3) is 0 Å². The molecule has 0 aromatic carbocycles. The lowest BCUT2D eigenvalue weighted by molar-refractivity contribution is 0.222. The average Bonchev–Trinajstić information content (AvgIpc) is 2.79. The van der Waals surface area contributed by atoms with Gasteiger partial charge in [-0.25, -0.2) is 0 Å². The van der Waals surface area contributed by atoms with Crippen LogP contribution in [0.3, 0.4) is 0 Å². The fourth-order valence-corrected chi connectivity index (χ4v) is 7.31. The summed E-state index contributed by atoms with van der Waals surface area (Å²) in [6.07, 6.45) is 20.6. The van der Waals surface area contributed by atoms with Crippen molar-refractivity contribution in [3.05, 3.63) is 0 Å². The molecule has 0 aromatic rings. The molecule has 0 N–H and O–H groups in total. The quantitative estimate of drug-likeness (QED) is 0.206. The van der Waals surface area contributed by atoms with Gasteiger partial charge in [0.15, 0.2) is 0 Å². The Hall–Kier alpha value is 0.230. The van der Waals surface area contributed by atoms with Gasteiger partial charge in [0, 0.05) is 25.9 Å². The van der Waals surface area contributed by atoms with Gasteiger partial charge >= 0.3 is 0 Å². The lowest BCUT2D eigenvalue weighted by Gasteiger charge is -2.33. The third-order valence-electron chi connectivity index (χ3n) is 7.35. The fourth-order valence-electron chi connectivity index (χ4n) is 5.29. The molecule has 0 amide bonds. The predicted molar refractivity (Wildman–Crippen MR) is 134 cm³/mol. The van der Waals surface area contributed by atoms with Crippen LogP contribution in [0.1, 0.15) is 117 Å². The predicted octanol–water partition coefficient (Wildman–Crippen LogP) is 6.38. The molecule has 3 nitrogen and oxygen atoms in total. The Balaban J connectivity index is 1.91. The number of hydrogen-bond donors (Lipinski definition) is 0. The fraction of sp³-hybridized carbons (Fsp3) is 1.00. The van der Waals surface area contributed by atoms with Gasteiger partial charge < -0.3 is 14.4 Å². The summed E-state index contributed by atoms with van der Waals surface area (Å²) in [5, 5.41) is 0.845. The highest BCUT2D eigenvalue weighted by Crippen LogP contribution is 2.26. The minimum Gasteiger partial charge on any atom is -0.616 e. The maximum absolute atomic E-state index is 13.9. The molecule has 178 valence electrons. The van der Waals surface area contributed by atoms with Crippen LogP contribution >= 0.6 is 0 Å². The molecule has 0 spiro atoms. The van der Waals surface area contributed by atoms with Crippen LogP contribution < -0.4 is 0 Å². The van der Waals surface area contributed by atoms with Crippen LogP contribution in [-0.2, 0) is 11.2 Å². The molecule has 2 aliphatic heterocycles. The Morgan fingerprint density at radius 3 is 1.37 bits per heavy atom. The first-order valence-corrected chi connectivity index (χ1v) is 14.9. The highest BCUT2D eigenvalue weighted by molar-refractivity contribution is 7.92. The maximum Gasteiger partial charge on any atom is 0.117 e. The van der Waals surface area contributed by atoms with E-state index in [4.69, 9.17) is 0 Å². The summed E-state index contributed by atoms with van der Waals surface area (Å²) in [5.74, 6) is 0. The van der Waals surface area contributed by atoms with Gasteiger partial charge in [-0.05, 0) is 88.7 Å². The van der Waals surface area contributed by atoms with E-state index in [0.29, 0.717) is 10.5 Å². The summed E-state index contributed by atoms with van der Waals surface area (Å²) in [6.45, 7) is 12.0. The first kappa shape index (κ1) is 26.5. The largest absolute Gasteiger partial charge is 0.616 e. The van der Waals surface area contributed by atoms with E-state index in [0.717, 1.165) is 12.8 Å². The van der Waals surface area contributed by atoms with Crippen molar-refractivity contribution >= 4 is 11.2 Å². The van der Waals surface area contributed by atoms with Gasteiger partial charge in [0.2, 0.25) is 0 Å². The van der Waals surface area contributed by atoms with E-state index in [2.05, 4.69) is 23.6 Å². The van der Waals surface area contributed by atoms with Gasteiger partial charge in [-0.1, -0.05) is 52.4 Å². The third kappa shape index (κ3) is 10.7. The Morgan fingerprint density at radius 1 is 0.600 bits per heavy atom. The van der Waals surface area contributed by atoms with E-state index >= 15 is 0 Å². The molecule has 0 saturated carbocycles. The van der Waals surface area contributed by atoms with Crippen molar-refractivity contribution < 1.29 is 4.55 Å². The summed E-state index contributed by atoms with van der Waals surface area (Å²) >= 11 is -0.665. The second kappa shape index (κ2) is 16.8. The molecule has 2 aliphatic rings. The summed E-state index contributed by atoms with van der Waals surface area (Å²) in [7, 11) is 0. The van der Waals surface area contributed by atoms with Gasteiger partial charge in [0.1, 0.15) is 10.5 Å². The molecule has 2 saturated heterocycles. The number of rotatable bonds is 16. The molecule has 2 atom stereocenters. The first-order valence-electron chi connectivity index (χ1n) is 13.6. The SMILES string of the molecule is CCCCCC(CCN1CCCCC1)[S+]([O-])C(CCCCC)CCN1CCCCC1. The van der Waals surface area contributed by atoms with Crippen molar-refractivity contribution in [1.82, 2.24) is 9.80 Å². The Labute approximate surface area is 191 Å². The van der Waals surface area contributed by atoms with Crippen molar-refractivity contribution in [2.45, 2.75) is 127 Å². The van der Waals surface area contributed by atoms with Crippen LogP contribution in [-0.4, -0.2) is 64.1 Å². The lowest BCUT2D eigenvalue weighted by Crippen LogP contribution is -2.39. The molecule has 0 aromatic heterocycles. The molecule has 2 heterocycles. The molecule has 2 fully saturated rings.